The number of aromatic nitrogens is 1. The molecule has 25 heavy (non-hydrogen) atoms. The molecule has 1 aromatic heterocycles. The molecule has 0 spiro atoms. The Labute approximate surface area is 149 Å². The number of thiazole rings is 1. The lowest BCUT2D eigenvalue weighted by Gasteiger charge is -2.10. The molecular weight excluding hydrogens is 382 g/mol. The van der Waals surface area contributed by atoms with E-state index in [4.69, 9.17) is 0 Å². The Morgan fingerprint density at radius 3 is 2.16 bits per heavy atom. The summed E-state index contributed by atoms with van der Waals surface area (Å²) >= 11 is 1.14. The average Bonchev–Trinajstić information content (AvgIpc) is 3.08. The first-order valence-electron chi connectivity index (χ1n) is 6.97. The van der Waals surface area contributed by atoms with Gasteiger partial charge in [0.1, 0.15) is 0 Å². The zero-order valence-corrected chi connectivity index (χ0v) is 15.1. The second-order valence-electron chi connectivity index (χ2n) is 4.89. The summed E-state index contributed by atoms with van der Waals surface area (Å²) in [6, 6.07) is 13.4. The van der Waals surface area contributed by atoms with Crippen LogP contribution in [0, 0.1) is 0 Å². The molecule has 0 saturated carbocycles. The summed E-state index contributed by atoms with van der Waals surface area (Å²) in [5.74, 6) is 0. The van der Waals surface area contributed by atoms with E-state index in [9.17, 15) is 16.8 Å². The Bertz CT molecular complexity index is 1060. The van der Waals surface area contributed by atoms with E-state index in [1.54, 1.807) is 23.6 Å². The fraction of sp³-hybridized carbons (Fsp3) is 0. The molecule has 1 heterocycles. The molecule has 0 aliphatic heterocycles. The first-order chi connectivity index (χ1) is 11.9. The van der Waals surface area contributed by atoms with Gasteiger partial charge in [-0.15, -0.1) is 11.3 Å². The first kappa shape index (κ1) is 17.4. The SMILES string of the molecule is O=S(=O)(Nc1cccc(S(=O)(=O)Nc2nccs2)c1)c1ccccc1. The number of anilines is 2. The summed E-state index contributed by atoms with van der Waals surface area (Å²) in [4.78, 5) is 3.88. The molecule has 0 unspecified atom stereocenters. The lowest BCUT2D eigenvalue weighted by molar-refractivity contribution is 0.598. The number of rotatable bonds is 6. The third kappa shape index (κ3) is 4.16. The van der Waals surface area contributed by atoms with Crippen LogP contribution in [0.15, 0.2) is 76.0 Å². The van der Waals surface area contributed by atoms with Crippen LogP contribution in [0.4, 0.5) is 10.8 Å². The summed E-state index contributed by atoms with van der Waals surface area (Å²) in [6.07, 6.45) is 1.48. The lowest BCUT2D eigenvalue weighted by atomic mass is 10.3. The molecule has 0 bridgehead atoms. The van der Waals surface area contributed by atoms with Crippen molar-refractivity contribution >= 4 is 42.2 Å². The molecule has 7 nitrogen and oxygen atoms in total. The van der Waals surface area contributed by atoms with Crippen LogP contribution < -0.4 is 9.44 Å². The van der Waals surface area contributed by atoms with Crippen LogP contribution in [0.1, 0.15) is 0 Å². The maximum absolute atomic E-state index is 12.4. The monoisotopic (exact) mass is 395 g/mol. The van der Waals surface area contributed by atoms with Crippen molar-refractivity contribution in [2.24, 2.45) is 0 Å². The predicted molar refractivity (Wildman–Crippen MR) is 96.6 cm³/mol. The van der Waals surface area contributed by atoms with Crippen LogP contribution in [0.2, 0.25) is 0 Å². The second-order valence-corrected chi connectivity index (χ2v) is 9.15. The number of nitrogens with one attached hydrogen (secondary N) is 2. The third-order valence-corrected chi connectivity index (χ3v) is 6.66. The largest absolute Gasteiger partial charge is 0.280 e. The van der Waals surface area contributed by atoms with E-state index in [2.05, 4.69) is 14.4 Å². The Hall–Kier alpha value is -2.43. The van der Waals surface area contributed by atoms with Gasteiger partial charge in [0.15, 0.2) is 5.13 Å². The smallest absolute Gasteiger partial charge is 0.263 e. The number of nitrogens with zero attached hydrogens (tertiary/aromatic N) is 1. The van der Waals surface area contributed by atoms with Crippen LogP contribution in [0.3, 0.4) is 0 Å². The van der Waals surface area contributed by atoms with Crippen molar-refractivity contribution in [3.05, 3.63) is 66.2 Å². The molecule has 0 atom stereocenters. The predicted octanol–water partition coefficient (Wildman–Crippen LogP) is 2.74. The standard InChI is InChI=1S/C15H13N3O4S3/c19-24(20,13-6-2-1-3-7-13)17-12-5-4-8-14(11-12)25(21,22)18-15-16-9-10-23-15/h1-11,17H,(H,16,18). The van der Waals surface area contributed by atoms with E-state index < -0.39 is 20.0 Å². The van der Waals surface area contributed by atoms with Gasteiger partial charge in [-0.1, -0.05) is 24.3 Å². The van der Waals surface area contributed by atoms with Crippen LogP contribution in [-0.4, -0.2) is 21.8 Å². The molecule has 130 valence electrons. The number of sulfonamides is 2. The first-order valence-corrected chi connectivity index (χ1v) is 10.8. The lowest BCUT2D eigenvalue weighted by Crippen LogP contribution is -2.15. The quantitative estimate of drug-likeness (QED) is 0.668. The van der Waals surface area contributed by atoms with E-state index in [1.165, 1.54) is 42.6 Å². The van der Waals surface area contributed by atoms with Gasteiger partial charge in [-0.25, -0.2) is 21.8 Å². The Kier molecular flexibility index (Phi) is 4.75. The van der Waals surface area contributed by atoms with Crippen molar-refractivity contribution in [2.45, 2.75) is 9.79 Å². The summed E-state index contributed by atoms with van der Waals surface area (Å²) < 4.78 is 54.1. The van der Waals surface area contributed by atoms with Gasteiger partial charge >= 0.3 is 0 Å². The van der Waals surface area contributed by atoms with E-state index in [-0.39, 0.29) is 20.6 Å². The van der Waals surface area contributed by atoms with E-state index in [0.717, 1.165) is 11.3 Å². The molecule has 0 amide bonds. The van der Waals surface area contributed by atoms with Crippen LogP contribution in [0.25, 0.3) is 0 Å². The molecular formula is C15H13N3O4S3. The molecule has 10 heteroatoms. The van der Waals surface area contributed by atoms with Gasteiger partial charge in [-0.2, -0.15) is 0 Å². The van der Waals surface area contributed by atoms with Gasteiger partial charge in [0, 0.05) is 11.6 Å². The Morgan fingerprint density at radius 2 is 1.48 bits per heavy atom. The number of hydrogen-bond donors (Lipinski definition) is 2. The Balaban J connectivity index is 1.87. The van der Waals surface area contributed by atoms with Crippen molar-refractivity contribution in [1.29, 1.82) is 0 Å². The van der Waals surface area contributed by atoms with Crippen molar-refractivity contribution in [3.63, 3.8) is 0 Å². The van der Waals surface area contributed by atoms with Crippen LogP contribution >= 0.6 is 11.3 Å². The summed E-state index contributed by atoms with van der Waals surface area (Å²) in [7, 11) is -7.66. The normalized spacial score (nSPS) is 11.8. The van der Waals surface area contributed by atoms with Crippen LogP contribution in [0.5, 0.6) is 0 Å². The molecule has 0 radical (unpaired) electrons. The molecule has 3 aromatic rings. The molecule has 2 N–H and O–H groups in total. The minimum absolute atomic E-state index is 0.0732. The summed E-state index contributed by atoms with van der Waals surface area (Å²) in [5, 5.41) is 1.87. The van der Waals surface area contributed by atoms with Gasteiger partial charge in [0.25, 0.3) is 20.0 Å². The molecule has 0 aliphatic rings. The fourth-order valence-corrected chi connectivity index (χ4v) is 4.89. The maximum Gasteiger partial charge on any atom is 0.263 e. The molecule has 0 saturated heterocycles. The summed E-state index contributed by atoms with van der Waals surface area (Å²) in [5.41, 5.74) is 0.144. The highest BCUT2D eigenvalue weighted by Gasteiger charge is 2.18. The number of benzene rings is 2. The molecule has 0 fully saturated rings. The highest BCUT2D eigenvalue weighted by Crippen LogP contribution is 2.22. The highest BCUT2D eigenvalue weighted by atomic mass is 32.2. The van der Waals surface area contributed by atoms with Gasteiger partial charge in [-0.05, 0) is 30.3 Å². The zero-order valence-electron chi connectivity index (χ0n) is 12.7. The topological polar surface area (TPSA) is 105 Å². The second kappa shape index (κ2) is 6.82. The fourth-order valence-electron chi connectivity index (χ4n) is 1.99. The third-order valence-electron chi connectivity index (χ3n) is 3.10. The van der Waals surface area contributed by atoms with Crippen molar-refractivity contribution < 1.29 is 16.8 Å². The van der Waals surface area contributed by atoms with Crippen LogP contribution in [-0.2, 0) is 20.0 Å². The van der Waals surface area contributed by atoms with Gasteiger partial charge in [0.2, 0.25) is 0 Å². The minimum atomic E-state index is -3.86. The van der Waals surface area contributed by atoms with Crippen molar-refractivity contribution in [1.82, 2.24) is 4.98 Å². The minimum Gasteiger partial charge on any atom is -0.280 e. The molecule has 3 rings (SSSR count). The van der Waals surface area contributed by atoms with E-state index in [1.807, 2.05) is 0 Å². The molecule has 2 aromatic carbocycles. The average molecular weight is 395 g/mol. The summed E-state index contributed by atoms with van der Waals surface area (Å²) in [6.45, 7) is 0. The number of hydrogen-bond acceptors (Lipinski definition) is 6. The van der Waals surface area contributed by atoms with E-state index >= 15 is 0 Å². The van der Waals surface area contributed by atoms with Crippen molar-refractivity contribution in [2.75, 3.05) is 9.44 Å². The van der Waals surface area contributed by atoms with Gasteiger partial charge in [-0.3, -0.25) is 9.44 Å². The zero-order chi connectivity index (χ0) is 17.9. The molecule has 0 aliphatic carbocycles. The van der Waals surface area contributed by atoms with Gasteiger partial charge in [0.05, 0.1) is 15.5 Å². The Morgan fingerprint density at radius 1 is 0.800 bits per heavy atom. The maximum atomic E-state index is 12.4. The van der Waals surface area contributed by atoms with Crippen molar-refractivity contribution in [3.8, 4) is 0 Å². The van der Waals surface area contributed by atoms with E-state index in [0.29, 0.717) is 0 Å². The van der Waals surface area contributed by atoms with Gasteiger partial charge < -0.3 is 0 Å². The highest BCUT2D eigenvalue weighted by molar-refractivity contribution is 7.93.